The zero-order valence-electron chi connectivity index (χ0n) is 11.6. The second-order valence-electron chi connectivity index (χ2n) is 4.69. The molecule has 0 aliphatic rings. The van der Waals surface area contributed by atoms with Gasteiger partial charge in [-0.05, 0) is 30.7 Å². The Morgan fingerprint density at radius 1 is 1.21 bits per heavy atom. The third-order valence-electron chi connectivity index (χ3n) is 3.14. The number of benzene rings is 2. The SMILES string of the molecule is CSCCCOc1c([C@H](C)N)ccc2ccccc12. The molecule has 0 bridgehead atoms. The van der Waals surface area contributed by atoms with Crippen LogP contribution in [0.3, 0.4) is 0 Å². The van der Waals surface area contributed by atoms with Crippen molar-refractivity contribution in [3.63, 3.8) is 0 Å². The highest BCUT2D eigenvalue weighted by Crippen LogP contribution is 2.33. The summed E-state index contributed by atoms with van der Waals surface area (Å²) in [5, 5.41) is 2.35. The first-order valence-corrected chi connectivity index (χ1v) is 8.02. The monoisotopic (exact) mass is 275 g/mol. The Balaban J connectivity index is 2.33. The van der Waals surface area contributed by atoms with Gasteiger partial charge in [-0.2, -0.15) is 11.8 Å². The van der Waals surface area contributed by atoms with Crippen molar-refractivity contribution in [2.24, 2.45) is 5.73 Å². The molecule has 2 aromatic carbocycles. The molecule has 0 amide bonds. The lowest BCUT2D eigenvalue weighted by atomic mass is 10.0. The third-order valence-corrected chi connectivity index (χ3v) is 3.84. The standard InChI is InChI=1S/C16H21NOS/c1-12(17)14-9-8-13-6-3-4-7-15(13)16(14)18-10-5-11-19-2/h3-4,6-9,12H,5,10-11,17H2,1-2H3/t12-/m0/s1. The molecular formula is C16H21NOS. The van der Waals surface area contributed by atoms with E-state index in [0.717, 1.165) is 35.5 Å². The molecule has 102 valence electrons. The Hall–Kier alpha value is -1.19. The summed E-state index contributed by atoms with van der Waals surface area (Å²) in [5.74, 6) is 2.08. The molecule has 0 aliphatic carbocycles. The van der Waals surface area contributed by atoms with Crippen LogP contribution in [0.1, 0.15) is 24.9 Å². The number of nitrogens with two attached hydrogens (primary N) is 1. The predicted octanol–water partition coefficient (Wildman–Crippen LogP) is 3.99. The van der Waals surface area contributed by atoms with Gasteiger partial charge in [-0.3, -0.25) is 0 Å². The van der Waals surface area contributed by atoms with Gasteiger partial charge in [0.25, 0.3) is 0 Å². The van der Waals surface area contributed by atoms with Gasteiger partial charge in [0.05, 0.1) is 6.61 Å². The zero-order chi connectivity index (χ0) is 13.7. The van der Waals surface area contributed by atoms with E-state index < -0.39 is 0 Å². The van der Waals surface area contributed by atoms with Crippen molar-refractivity contribution in [3.8, 4) is 5.75 Å². The average molecular weight is 275 g/mol. The predicted molar refractivity (Wildman–Crippen MR) is 85.0 cm³/mol. The van der Waals surface area contributed by atoms with Crippen LogP contribution in [-0.2, 0) is 0 Å². The molecule has 3 heteroatoms. The molecule has 2 N–H and O–H groups in total. The summed E-state index contributed by atoms with van der Waals surface area (Å²) in [6.45, 7) is 2.74. The molecule has 0 unspecified atom stereocenters. The van der Waals surface area contributed by atoms with E-state index in [-0.39, 0.29) is 6.04 Å². The fraction of sp³-hybridized carbons (Fsp3) is 0.375. The summed E-state index contributed by atoms with van der Waals surface area (Å²) in [6, 6.07) is 12.5. The number of ether oxygens (including phenoxy) is 1. The molecule has 2 rings (SSSR count). The molecular weight excluding hydrogens is 254 g/mol. The molecule has 0 aromatic heterocycles. The summed E-state index contributed by atoms with van der Waals surface area (Å²) in [7, 11) is 0. The fourth-order valence-electron chi connectivity index (χ4n) is 2.16. The van der Waals surface area contributed by atoms with Crippen LogP contribution >= 0.6 is 11.8 Å². The fourth-order valence-corrected chi connectivity index (χ4v) is 2.56. The van der Waals surface area contributed by atoms with Crippen molar-refractivity contribution >= 4 is 22.5 Å². The Morgan fingerprint density at radius 3 is 2.74 bits per heavy atom. The van der Waals surface area contributed by atoms with Crippen molar-refractivity contribution < 1.29 is 4.74 Å². The first-order valence-electron chi connectivity index (χ1n) is 6.63. The van der Waals surface area contributed by atoms with Gasteiger partial charge in [-0.25, -0.2) is 0 Å². The highest BCUT2D eigenvalue weighted by Gasteiger charge is 2.11. The van der Waals surface area contributed by atoms with E-state index in [4.69, 9.17) is 10.5 Å². The summed E-state index contributed by atoms with van der Waals surface area (Å²) in [4.78, 5) is 0. The van der Waals surface area contributed by atoms with Crippen LogP contribution < -0.4 is 10.5 Å². The lowest BCUT2D eigenvalue weighted by Crippen LogP contribution is -2.09. The summed E-state index contributed by atoms with van der Waals surface area (Å²) >= 11 is 1.85. The van der Waals surface area contributed by atoms with E-state index in [9.17, 15) is 0 Å². The van der Waals surface area contributed by atoms with Gasteiger partial charge >= 0.3 is 0 Å². The van der Waals surface area contributed by atoms with Crippen LogP contribution in [0, 0.1) is 0 Å². The second kappa shape index (κ2) is 6.83. The largest absolute Gasteiger partial charge is 0.493 e. The first-order chi connectivity index (χ1) is 9.24. The Morgan fingerprint density at radius 2 is 2.00 bits per heavy atom. The molecule has 2 aromatic rings. The van der Waals surface area contributed by atoms with Gasteiger partial charge < -0.3 is 10.5 Å². The molecule has 19 heavy (non-hydrogen) atoms. The summed E-state index contributed by atoms with van der Waals surface area (Å²) < 4.78 is 6.02. The van der Waals surface area contributed by atoms with E-state index in [1.807, 2.05) is 30.8 Å². The van der Waals surface area contributed by atoms with Crippen molar-refractivity contribution in [1.29, 1.82) is 0 Å². The minimum atomic E-state index is -0.0137. The van der Waals surface area contributed by atoms with E-state index >= 15 is 0 Å². The van der Waals surface area contributed by atoms with Crippen molar-refractivity contribution in [2.75, 3.05) is 18.6 Å². The van der Waals surface area contributed by atoms with Gasteiger partial charge in [0.2, 0.25) is 0 Å². The second-order valence-corrected chi connectivity index (χ2v) is 5.67. The van der Waals surface area contributed by atoms with Gasteiger partial charge in [0.15, 0.2) is 0 Å². The molecule has 2 nitrogen and oxygen atoms in total. The van der Waals surface area contributed by atoms with Crippen LogP contribution in [0.2, 0.25) is 0 Å². The van der Waals surface area contributed by atoms with Crippen LogP contribution in [-0.4, -0.2) is 18.6 Å². The third kappa shape index (κ3) is 3.43. The number of fused-ring (bicyclic) bond motifs is 1. The molecule has 0 aliphatic heterocycles. The van der Waals surface area contributed by atoms with Gasteiger partial charge in [-0.15, -0.1) is 0 Å². The molecule has 0 heterocycles. The first kappa shape index (κ1) is 14.2. The topological polar surface area (TPSA) is 35.2 Å². The van der Waals surface area contributed by atoms with Crippen molar-refractivity contribution in [3.05, 3.63) is 42.0 Å². The summed E-state index contributed by atoms with van der Waals surface area (Å²) in [5.41, 5.74) is 7.14. The maximum atomic E-state index is 6.05. The Bertz CT molecular complexity index is 539. The number of hydrogen-bond donors (Lipinski definition) is 1. The molecule has 0 radical (unpaired) electrons. The van der Waals surface area contributed by atoms with Gasteiger partial charge in [-0.1, -0.05) is 36.4 Å². The lowest BCUT2D eigenvalue weighted by Gasteiger charge is -2.16. The normalized spacial score (nSPS) is 12.6. The van der Waals surface area contributed by atoms with E-state index in [0.29, 0.717) is 0 Å². The molecule has 0 spiro atoms. The van der Waals surface area contributed by atoms with Crippen molar-refractivity contribution in [1.82, 2.24) is 0 Å². The molecule has 0 saturated carbocycles. The van der Waals surface area contributed by atoms with Crippen LogP contribution in [0.15, 0.2) is 36.4 Å². The molecule has 0 saturated heterocycles. The smallest absolute Gasteiger partial charge is 0.131 e. The van der Waals surface area contributed by atoms with Crippen molar-refractivity contribution in [2.45, 2.75) is 19.4 Å². The van der Waals surface area contributed by atoms with Gasteiger partial charge in [0.1, 0.15) is 5.75 Å². The van der Waals surface area contributed by atoms with E-state index in [1.54, 1.807) is 0 Å². The van der Waals surface area contributed by atoms with Gasteiger partial charge in [0, 0.05) is 17.0 Å². The molecule has 1 atom stereocenters. The van der Waals surface area contributed by atoms with Crippen LogP contribution in [0.4, 0.5) is 0 Å². The maximum absolute atomic E-state index is 6.05. The van der Waals surface area contributed by atoms with E-state index in [1.165, 1.54) is 5.39 Å². The Kier molecular flexibility index (Phi) is 5.11. The minimum Gasteiger partial charge on any atom is -0.493 e. The lowest BCUT2D eigenvalue weighted by molar-refractivity contribution is 0.318. The number of thioether (sulfide) groups is 1. The highest BCUT2D eigenvalue weighted by atomic mass is 32.2. The zero-order valence-corrected chi connectivity index (χ0v) is 12.4. The van der Waals surface area contributed by atoms with Crippen LogP contribution in [0.5, 0.6) is 5.75 Å². The quantitative estimate of drug-likeness (QED) is 0.810. The average Bonchev–Trinajstić information content (AvgIpc) is 2.43. The Labute approximate surface area is 119 Å². The van der Waals surface area contributed by atoms with E-state index in [2.05, 4.69) is 30.5 Å². The minimum absolute atomic E-state index is 0.0137. The highest BCUT2D eigenvalue weighted by molar-refractivity contribution is 7.98. The number of rotatable bonds is 6. The summed E-state index contributed by atoms with van der Waals surface area (Å²) in [6.07, 6.45) is 3.17. The maximum Gasteiger partial charge on any atom is 0.131 e. The molecule has 0 fully saturated rings. The van der Waals surface area contributed by atoms with Crippen LogP contribution in [0.25, 0.3) is 10.8 Å². The number of hydrogen-bond acceptors (Lipinski definition) is 3.